The van der Waals surface area contributed by atoms with Gasteiger partial charge in [0.05, 0.1) is 12.5 Å². The third-order valence-electron chi connectivity index (χ3n) is 8.63. The van der Waals surface area contributed by atoms with Crippen LogP contribution in [0.4, 0.5) is 0 Å². The fourth-order valence-electron chi connectivity index (χ4n) is 6.49. The number of likely N-dealkylation sites (tertiary alicyclic amines) is 1. The first kappa shape index (κ1) is 27.7. The average molecular weight is 553 g/mol. The fourth-order valence-corrected chi connectivity index (χ4v) is 6.69. The lowest BCUT2D eigenvalue weighted by molar-refractivity contribution is -0.143. The van der Waals surface area contributed by atoms with Crippen molar-refractivity contribution in [2.45, 2.75) is 70.9 Å². The molecule has 2 aliphatic carbocycles. The van der Waals surface area contributed by atoms with Gasteiger partial charge in [-0.15, -0.1) is 0 Å². The van der Waals surface area contributed by atoms with Crippen LogP contribution in [-0.4, -0.2) is 52.4 Å². The number of carbonyl (C=O) groups is 3. The van der Waals surface area contributed by atoms with E-state index in [0.717, 1.165) is 68.0 Å². The van der Waals surface area contributed by atoms with Crippen molar-refractivity contribution in [3.05, 3.63) is 63.7 Å². The van der Waals surface area contributed by atoms with Crippen molar-refractivity contribution in [2.24, 2.45) is 11.8 Å². The van der Waals surface area contributed by atoms with Gasteiger partial charge in [-0.05, 0) is 91.8 Å². The van der Waals surface area contributed by atoms with Crippen LogP contribution in [0.3, 0.4) is 0 Å². The van der Waals surface area contributed by atoms with Crippen LogP contribution in [0.2, 0.25) is 5.02 Å². The summed E-state index contributed by atoms with van der Waals surface area (Å²) in [7, 11) is 0. The van der Waals surface area contributed by atoms with Crippen LogP contribution >= 0.6 is 11.6 Å². The molecule has 2 aromatic carbocycles. The zero-order valence-corrected chi connectivity index (χ0v) is 23.3. The molecule has 8 heteroatoms. The van der Waals surface area contributed by atoms with Crippen molar-refractivity contribution in [3.63, 3.8) is 0 Å². The number of carboxylic acid groups (broad SMARTS) is 1. The molecule has 3 aliphatic rings. The largest absolute Gasteiger partial charge is 0.491 e. The van der Waals surface area contributed by atoms with Gasteiger partial charge in [0.1, 0.15) is 12.4 Å². The number of nitrogens with zero attached hydrogens (tertiary/aromatic N) is 2. The van der Waals surface area contributed by atoms with Crippen LogP contribution in [0.1, 0.15) is 73.2 Å². The summed E-state index contributed by atoms with van der Waals surface area (Å²) < 4.78 is 5.94. The molecule has 2 amide bonds. The van der Waals surface area contributed by atoms with E-state index in [9.17, 15) is 19.5 Å². The molecule has 1 atom stereocenters. The van der Waals surface area contributed by atoms with Gasteiger partial charge in [0, 0.05) is 37.0 Å². The van der Waals surface area contributed by atoms with E-state index in [1.54, 1.807) is 0 Å². The number of carbonyl (C=O) groups excluding carboxylic acids is 2. The Hall–Kier alpha value is -2.90. The normalized spacial score (nSPS) is 22.9. The van der Waals surface area contributed by atoms with Crippen LogP contribution in [-0.2, 0) is 27.3 Å². The Morgan fingerprint density at radius 3 is 2.46 bits per heavy atom. The van der Waals surface area contributed by atoms with E-state index < -0.39 is 5.97 Å². The van der Waals surface area contributed by atoms with Crippen molar-refractivity contribution in [3.8, 4) is 5.75 Å². The average Bonchev–Trinajstić information content (AvgIpc) is 3.47. The number of rotatable bonds is 10. The minimum Gasteiger partial charge on any atom is -0.491 e. The molecule has 39 heavy (non-hydrogen) atoms. The van der Waals surface area contributed by atoms with Gasteiger partial charge >= 0.3 is 5.97 Å². The maximum atomic E-state index is 11.8. The molecule has 1 aliphatic heterocycles. The predicted molar refractivity (Wildman–Crippen MR) is 149 cm³/mol. The van der Waals surface area contributed by atoms with Crippen molar-refractivity contribution in [1.29, 1.82) is 0 Å². The van der Waals surface area contributed by atoms with E-state index in [2.05, 4.69) is 29.2 Å². The zero-order chi connectivity index (χ0) is 27.5. The van der Waals surface area contributed by atoms with Gasteiger partial charge in [-0.25, -0.2) is 0 Å². The second kappa shape index (κ2) is 12.1. The van der Waals surface area contributed by atoms with E-state index >= 15 is 0 Å². The molecule has 0 unspecified atom stereocenters. The number of carboxylic acids is 1. The first-order chi connectivity index (χ1) is 18.8. The molecule has 0 spiro atoms. The van der Waals surface area contributed by atoms with Crippen LogP contribution in [0, 0.1) is 18.8 Å². The Labute approximate surface area is 235 Å². The Balaban J connectivity index is 1.27. The highest BCUT2D eigenvalue weighted by molar-refractivity contribution is 6.30. The topological polar surface area (TPSA) is 87.2 Å². The van der Waals surface area contributed by atoms with E-state index in [0.29, 0.717) is 24.8 Å². The van der Waals surface area contributed by atoms with Crippen molar-refractivity contribution in [1.82, 2.24) is 9.80 Å². The SMILES string of the molecule is Cc1cc(CN(C[C@H]2CC[C@H](C(=O)O)CC2)[C@@H]2CCc3cc(Cl)ccc32)ccc1OCCN1C(=O)CCC1=O. The molecular formula is C31H37ClN2O5. The first-order valence-electron chi connectivity index (χ1n) is 14.1. The number of amides is 2. The minimum atomic E-state index is -0.664. The molecular weight excluding hydrogens is 516 g/mol. The summed E-state index contributed by atoms with van der Waals surface area (Å²) in [5.41, 5.74) is 4.89. The Morgan fingerprint density at radius 2 is 1.77 bits per heavy atom. The maximum Gasteiger partial charge on any atom is 0.306 e. The van der Waals surface area contributed by atoms with E-state index in [1.165, 1.54) is 21.6 Å². The van der Waals surface area contributed by atoms with Gasteiger partial charge in [0.2, 0.25) is 11.8 Å². The molecule has 1 saturated carbocycles. The van der Waals surface area contributed by atoms with Gasteiger partial charge in [-0.2, -0.15) is 0 Å². The minimum absolute atomic E-state index is 0.122. The summed E-state index contributed by atoms with van der Waals surface area (Å²) in [4.78, 5) is 39.0. The highest BCUT2D eigenvalue weighted by Crippen LogP contribution is 2.40. The summed E-state index contributed by atoms with van der Waals surface area (Å²) >= 11 is 6.29. The molecule has 2 fully saturated rings. The molecule has 0 radical (unpaired) electrons. The van der Waals surface area contributed by atoms with Gasteiger partial charge in [-0.1, -0.05) is 29.8 Å². The van der Waals surface area contributed by atoms with Crippen molar-refractivity contribution >= 4 is 29.4 Å². The maximum absolute atomic E-state index is 11.8. The van der Waals surface area contributed by atoms with Crippen molar-refractivity contribution in [2.75, 3.05) is 19.7 Å². The molecule has 2 aromatic rings. The van der Waals surface area contributed by atoms with Crippen LogP contribution in [0.15, 0.2) is 36.4 Å². The molecule has 5 rings (SSSR count). The Bertz CT molecular complexity index is 1220. The lowest BCUT2D eigenvalue weighted by atomic mass is 9.81. The zero-order valence-electron chi connectivity index (χ0n) is 22.5. The van der Waals surface area contributed by atoms with Gasteiger partial charge in [-0.3, -0.25) is 24.2 Å². The molecule has 208 valence electrons. The number of aliphatic carboxylic acids is 1. The number of hydrogen-bond acceptors (Lipinski definition) is 5. The highest BCUT2D eigenvalue weighted by Gasteiger charge is 2.33. The molecule has 0 bridgehead atoms. The van der Waals surface area contributed by atoms with E-state index in [4.69, 9.17) is 16.3 Å². The predicted octanol–water partition coefficient (Wildman–Crippen LogP) is 5.56. The lowest BCUT2D eigenvalue weighted by Crippen LogP contribution is -2.34. The summed E-state index contributed by atoms with van der Waals surface area (Å²) in [5, 5.41) is 10.2. The molecule has 7 nitrogen and oxygen atoms in total. The quantitative estimate of drug-likeness (QED) is 0.388. The Morgan fingerprint density at radius 1 is 1.03 bits per heavy atom. The third-order valence-corrected chi connectivity index (χ3v) is 8.87. The number of aryl methyl sites for hydroxylation is 2. The number of ether oxygens (including phenoxy) is 1. The lowest BCUT2D eigenvalue weighted by Gasteiger charge is -2.35. The van der Waals surface area contributed by atoms with Crippen molar-refractivity contribution < 1.29 is 24.2 Å². The number of fused-ring (bicyclic) bond motifs is 1. The van der Waals surface area contributed by atoms with Crippen LogP contribution < -0.4 is 4.74 Å². The molecule has 1 N–H and O–H groups in total. The molecule has 0 aromatic heterocycles. The first-order valence-corrected chi connectivity index (χ1v) is 14.5. The summed E-state index contributed by atoms with van der Waals surface area (Å²) in [6.07, 6.45) is 6.05. The summed E-state index contributed by atoms with van der Waals surface area (Å²) in [5.74, 6) is 0.129. The van der Waals surface area contributed by atoms with E-state index in [-0.39, 0.29) is 30.9 Å². The standard InChI is InChI=1S/C31H37ClN2O5/c1-20-16-22(4-11-28(20)39-15-14-34-29(35)12-13-30(34)36)19-33(18-21-2-5-23(6-3-21)31(37)38)27-10-7-24-17-25(32)8-9-26(24)27/h4,8-9,11,16-17,21,23,27H,2-3,5-7,10,12-15,18-19H2,1H3,(H,37,38)/t21-,23-,27-/m1/s1. The summed E-state index contributed by atoms with van der Waals surface area (Å²) in [6, 6.07) is 12.8. The van der Waals surface area contributed by atoms with Gasteiger partial charge < -0.3 is 9.84 Å². The molecule has 1 heterocycles. The monoisotopic (exact) mass is 552 g/mol. The smallest absolute Gasteiger partial charge is 0.306 e. The third kappa shape index (κ3) is 6.47. The number of benzene rings is 2. The molecule has 1 saturated heterocycles. The highest BCUT2D eigenvalue weighted by atomic mass is 35.5. The van der Waals surface area contributed by atoms with E-state index in [1.807, 2.05) is 19.1 Å². The van der Waals surface area contributed by atoms with Gasteiger partial charge in [0.15, 0.2) is 0 Å². The number of imide groups is 1. The Kier molecular flexibility index (Phi) is 8.57. The summed E-state index contributed by atoms with van der Waals surface area (Å²) in [6.45, 7) is 4.32. The second-order valence-electron chi connectivity index (χ2n) is 11.3. The van der Waals surface area contributed by atoms with Crippen LogP contribution in [0.5, 0.6) is 5.75 Å². The van der Waals surface area contributed by atoms with Gasteiger partial charge in [0.25, 0.3) is 0 Å². The fraction of sp³-hybridized carbons (Fsp3) is 0.516. The number of halogens is 1. The number of hydrogen-bond donors (Lipinski definition) is 1. The second-order valence-corrected chi connectivity index (χ2v) is 11.7. The van der Waals surface area contributed by atoms with Crippen LogP contribution in [0.25, 0.3) is 0 Å².